The lowest BCUT2D eigenvalue weighted by Gasteiger charge is -2.37. The number of benzene rings is 1. The molecule has 0 radical (unpaired) electrons. The van der Waals surface area contributed by atoms with Gasteiger partial charge >= 0.3 is 12.0 Å². The number of urea groups is 1. The van der Waals surface area contributed by atoms with Crippen molar-refractivity contribution in [1.82, 2.24) is 9.80 Å². The van der Waals surface area contributed by atoms with Crippen molar-refractivity contribution >= 4 is 17.7 Å². The lowest BCUT2D eigenvalue weighted by atomic mass is 10.2. The van der Waals surface area contributed by atoms with Crippen LogP contribution in [0.1, 0.15) is 17.3 Å². The Kier molecular flexibility index (Phi) is 4.42. The predicted molar refractivity (Wildman–Crippen MR) is 76.0 cm³/mol. The molecule has 1 aliphatic heterocycles. The first-order valence-corrected chi connectivity index (χ1v) is 6.67. The van der Waals surface area contributed by atoms with Crippen molar-refractivity contribution in [1.29, 1.82) is 0 Å². The fraction of sp³-hybridized carbons (Fsp3) is 0.429. The summed E-state index contributed by atoms with van der Waals surface area (Å²) in [5, 5.41) is 11.5. The van der Waals surface area contributed by atoms with E-state index in [0.717, 1.165) is 18.7 Å². The molecule has 1 aromatic carbocycles. The summed E-state index contributed by atoms with van der Waals surface area (Å²) in [4.78, 5) is 26.8. The first-order chi connectivity index (χ1) is 9.88. The van der Waals surface area contributed by atoms with Gasteiger partial charge in [0.25, 0.3) is 0 Å². The molecule has 7 heteroatoms. The van der Waals surface area contributed by atoms with Crippen LogP contribution in [0.4, 0.5) is 14.9 Å². The number of aromatic carboxylic acids is 1. The summed E-state index contributed by atoms with van der Waals surface area (Å²) < 4.78 is 13.3. The Labute approximate surface area is 122 Å². The Morgan fingerprint density at radius 3 is 2.71 bits per heavy atom. The maximum atomic E-state index is 13.3. The van der Waals surface area contributed by atoms with E-state index in [0.29, 0.717) is 13.1 Å². The van der Waals surface area contributed by atoms with E-state index in [1.807, 2.05) is 14.0 Å². The zero-order valence-corrected chi connectivity index (χ0v) is 12.0. The van der Waals surface area contributed by atoms with E-state index in [2.05, 4.69) is 10.2 Å². The second-order valence-electron chi connectivity index (χ2n) is 5.21. The van der Waals surface area contributed by atoms with E-state index < -0.39 is 17.3 Å². The molecule has 6 nitrogen and oxygen atoms in total. The van der Waals surface area contributed by atoms with Crippen molar-refractivity contribution in [2.24, 2.45) is 0 Å². The van der Waals surface area contributed by atoms with Crippen LogP contribution in [0.25, 0.3) is 0 Å². The highest BCUT2D eigenvalue weighted by Gasteiger charge is 2.24. The van der Waals surface area contributed by atoms with Gasteiger partial charge in [0.05, 0.1) is 5.56 Å². The average Bonchev–Trinajstić information content (AvgIpc) is 2.43. The van der Waals surface area contributed by atoms with Crippen LogP contribution in [0.15, 0.2) is 18.2 Å². The van der Waals surface area contributed by atoms with Crippen molar-refractivity contribution in [2.45, 2.75) is 13.0 Å². The summed E-state index contributed by atoms with van der Waals surface area (Å²) in [6.45, 7) is 3.99. The zero-order chi connectivity index (χ0) is 15.6. The average molecular weight is 295 g/mol. The maximum absolute atomic E-state index is 13.3. The van der Waals surface area contributed by atoms with Gasteiger partial charge in [0.2, 0.25) is 0 Å². The van der Waals surface area contributed by atoms with Gasteiger partial charge in [-0.1, -0.05) is 0 Å². The molecule has 2 rings (SSSR count). The topological polar surface area (TPSA) is 72.9 Å². The summed E-state index contributed by atoms with van der Waals surface area (Å²) in [6, 6.07) is 3.45. The molecule has 1 saturated heterocycles. The van der Waals surface area contributed by atoms with E-state index in [9.17, 15) is 14.0 Å². The molecule has 2 N–H and O–H groups in total. The molecule has 1 aliphatic rings. The molecule has 1 heterocycles. The number of amides is 2. The van der Waals surface area contributed by atoms with Crippen LogP contribution >= 0.6 is 0 Å². The number of hydrogen-bond acceptors (Lipinski definition) is 3. The molecule has 0 bridgehead atoms. The van der Waals surface area contributed by atoms with Crippen LogP contribution in [0.3, 0.4) is 0 Å². The fourth-order valence-electron chi connectivity index (χ4n) is 2.20. The molecule has 0 spiro atoms. The van der Waals surface area contributed by atoms with Crippen LogP contribution in [0, 0.1) is 5.82 Å². The number of carbonyl (C=O) groups excluding carboxylic acids is 1. The van der Waals surface area contributed by atoms with E-state index in [1.54, 1.807) is 4.90 Å². The number of nitrogens with zero attached hydrogens (tertiary/aromatic N) is 2. The number of nitrogens with one attached hydrogen (secondary N) is 1. The molecule has 1 fully saturated rings. The normalized spacial score (nSPS) is 19.4. The van der Waals surface area contributed by atoms with Crippen LogP contribution in [-0.4, -0.2) is 59.6 Å². The van der Waals surface area contributed by atoms with Gasteiger partial charge in [0, 0.05) is 31.4 Å². The Balaban J connectivity index is 2.06. The Hall–Kier alpha value is -2.15. The van der Waals surface area contributed by atoms with Gasteiger partial charge in [-0.3, -0.25) is 0 Å². The molecule has 0 saturated carbocycles. The molecule has 0 aliphatic carbocycles. The van der Waals surface area contributed by atoms with E-state index in [4.69, 9.17) is 5.11 Å². The van der Waals surface area contributed by atoms with Gasteiger partial charge in [-0.25, -0.2) is 14.0 Å². The monoisotopic (exact) mass is 295 g/mol. The van der Waals surface area contributed by atoms with Crippen molar-refractivity contribution in [3.63, 3.8) is 0 Å². The zero-order valence-electron chi connectivity index (χ0n) is 12.0. The number of halogens is 1. The molecular formula is C14H18FN3O3. The highest BCUT2D eigenvalue weighted by Crippen LogP contribution is 2.16. The maximum Gasteiger partial charge on any atom is 0.338 e. The molecule has 2 amide bonds. The number of anilines is 1. The lowest BCUT2D eigenvalue weighted by Crippen LogP contribution is -2.53. The quantitative estimate of drug-likeness (QED) is 0.871. The minimum atomic E-state index is -1.36. The molecular weight excluding hydrogens is 277 g/mol. The van der Waals surface area contributed by atoms with Crippen LogP contribution in [-0.2, 0) is 0 Å². The Morgan fingerprint density at radius 2 is 2.10 bits per heavy atom. The summed E-state index contributed by atoms with van der Waals surface area (Å²) in [6.07, 6.45) is 0. The number of likely N-dealkylation sites (N-methyl/N-ethyl adjacent to an activating group) is 1. The smallest absolute Gasteiger partial charge is 0.338 e. The predicted octanol–water partition coefficient (Wildman–Crippen LogP) is 1.69. The first-order valence-electron chi connectivity index (χ1n) is 6.67. The number of hydrogen-bond donors (Lipinski definition) is 2. The molecule has 1 atom stereocenters. The fourth-order valence-corrected chi connectivity index (χ4v) is 2.20. The van der Waals surface area contributed by atoms with E-state index in [-0.39, 0.29) is 17.8 Å². The molecule has 114 valence electrons. The summed E-state index contributed by atoms with van der Waals surface area (Å²) in [5.74, 6) is -2.19. The molecule has 1 unspecified atom stereocenters. The second-order valence-corrected chi connectivity index (χ2v) is 5.21. The highest BCUT2D eigenvalue weighted by molar-refractivity contribution is 5.93. The summed E-state index contributed by atoms with van der Waals surface area (Å²) in [5.41, 5.74) is -0.190. The van der Waals surface area contributed by atoms with Gasteiger partial charge in [-0.15, -0.1) is 0 Å². The largest absolute Gasteiger partial charge is 0.478 e. The van der Waals surface area contributed by atoms with Crippen molar-refractivity contribution in [3.05, 3.63) is 29.6 Å². The summed E-state index contributed by atoms with van der Waals surface area (Å²) >= 11 is 0. The minimum Gasteiger partial charge on any atom is -0.478 e. The van der Waals surface area contributed by atoms with Gasteiger partial charge in [0.1, 0.15) is 5.82 Å². The highest BCUT2D eigenvalue weighted by atomic mass is 19.1. The number of carboxylic acid groups (broad SMARTS) is 1. The summed E-state index contributed by atoms with van der Waals surface area (Å²) in [7, 11) is 2.00. The third-order valence-corrected chi connectivity index (χ3v) is 3.69. The van der Waals surface area contributed by atoms with Crippen LogP contribution in [0.5, 0.6) is 0 Å². The van der Waals surface area contributed by atoms with E-state index >= 15 is 0 Å². The van der Waals surface area contributed by atoms with Gasteiger partial charge in [0.15, 0.2) is 0 Å². The van der Waals surface area contributed by atoms with Crippen molar-refractivity contribution in [2.75, 3.05) is 32.0 Å². The Morgan fingerprint density at radius 1 is 1.38 bits per heavy atom. The third kappa shape index (κ3) is 3.49. The molecule has 1 aromatic rings. The van der Waals surface area contributed by atoms with Gasteiger partial charge < -0.3 is 20.2 Å². The minimum absolute atomic E-state index is 0.257. The molecule has 0 aromatic heterocycles. The second kappa shape index (κ2) is 6.09. The van der Waals surface area contributed by atoms with Crippen LogP contribution < -0.4 is 5.32 Å². The molecule has 21 heavy (non-hydrogen) atoms. The lowest BCUT2D eigenvalue weighted by molar-refractivity contribution is 0.0692. The standard InChI is InChI=1S/C14H18FN3O3/c1-9-8-18(6-5-17(9)2)14(21)16-10-3-4-12(15)11(7-10)13(19)20/h3-4,7,9H,5-6,8H2,1-2H3,(H,16,21)(H,19,20). The Bertz CT molecular complexity index is 564. The number of rotatable bonds is 2. The van der Waals surface area contributed by atoms with Gasteiger partial charge in [-0.05, 0) is 32.2 Å². The third-order valence-electron chi connectivity index (χ3n) is 3.69. The van der Waals surface area contributed by atoms with Crippen LogP contribution in [0.2, 0.25) is 0 Å². The number of carbonyl (C=O) groups is 2. The van der Waals surface area contributed by atoms with Crippen molar-refractivity contribution < 1.29 is 19.1 Å². The SMILES string of the molecule is CC1CN(C(=O)Nc2ccc(F)c(C(=O)O)c2)CCN1C. The van der Waals surface area contributed by atoms with Gasteiger partial charge in [-0.2, -0.15) is 0 Å². The first kappa shape index (κ1) is 15.2. The van der Waals surface area contributed by atoms with Crippen molar-refractivity contribution in [3.8, 4) is 0 Å². The number of piperazine rings is 1. The van der Waals surface area contributed by atoms with E-state index in [1.165, 1.54) is 6.07 Å². The number of carboxylic acids is 1.